The van der Waals surface area contributed by atoms with Gasteiger partial charge >= 0.3 is 0 Å². The van der Waals surface area contributed by atoms with Crippen molar-refractivity contribution in [1.29, 1.82) is 0 Å². The number of Topliss-reactive ketones (excluding diaryl/α,β-unsaturated/α-hetero) is 1. The van der Waals surface area contributed by atoms with E-state index in [2.05, 4.69) is 0 Å². The van der Waals surface area contributed by atoms with Crippen molar-refractivity contribution < 1.29 is 9.59 Å². The zero-order chi connectivity index (χ0) is 14.4. The molecular weight excluding hydrogens is 250 g/mol. The van der Waals surface area contributed by atoms with Gasteiger partial charge in [0.1, 0.15) is 0 Å². The molecule has 1 heterocycles. The van der Waals surface area contributed by atoms with E-state index in [1.54, 1.807) is 0 Å². The molecule has 1 saturated heterocycles. The number of ketones is 1. The number of amides is 1. The Labute approximate surface area is 121 Å². The van der Waals surface area contributed by atoms with Gasteiger partial charge in [0.25, 0.3) is 0 Å². The molecular formula is C17H23NO2. The summed E-state index contributed by atoms with van der Waals surface area (Å²) >= 11 is 0. The first-order valence-corrected chi connectivity index (χ1v) is 7.60. The van der Waals surface area contributed by atoms with Gasteiger partial charge in [0.15, 0.2) is 5.78 Å². The number of rotatable bonds is 5. The molecule has 0 aromatic heterocycles. The first kappa shape index (κ1) is 14.8. The van der Waals surface area contributed by atoms with Gasteiger partial charge in [0.05, 0.1) is 0 Å². The van der Waals surface area contributed by atoms with Crippen molar-refractivity contribution >= 4 is 11.7 Å². The first-order chi connectivity index (χ1) is 9.70. The van der Waals surface area contributed by atoms with Gasteiger partial charge in [-0.25, -0.2) is 0 Å². The standard InChI is InChI=1S/C17H23NO2/c1-2-16(19)15-8-6-7-14(13-15)9-10-17(20)18-11-4-3-5-12-18/h6-8,13H,2-5,9-12H2,1H3. The predicted octanol–water partition coefficient (Wildman–Crippen LogP) is 3.22. The average molecular weight is 273 g/mol. The van der Waals surface area contributed by atoms with Gasteiger partial charge in [0.2, 0.25) is 5.91 Å². The second-order valence-electron chi connectivity index (χ2n) is 5.42. The van der Waals surface area contributed by atoms with E-state index in [0.29, 0.717) is 12.8 Å². The third-order valence-corrected chi connectivity index (χ3v) is 3.91. The molecule has 0 saturated carbocycles. The SMILES string of the molecule is CCC(=O)c1cccc(CCC(=O)N2CCCCC2)c1. The molecule has 3 nitrogen and oxygen atoms in total. The fourth-order valence-corrected chi connectivity index (χ4v) is 2.66. The van der Waals surface area contributed by atoms with Crippen LogP contribution in [-0.2, 0) is 11.2 Å². The fraction of sp³-hybridized carbons (Fsp3) is 0.529. The lowest BCUT2D eigenvalue weighted by Gasteiger charge is -2.26. The summed E-state index contributed by atoms with van der Waals surface area (Å²) in [6, 6.07) is 7.68. The molecule has 0 aliphatic carbocycles. The van der Waals surface area contributed by atoms with E-state index in [1.165, 1.54) is 6.42 Å². The van der Waals surface area contributed by atoms with Crippen molar-refractivity contribution in [3.63, 3.8) is 0 Å². The maximum Gasteiger partial charge on any atom is 0.222 e. The highest BCUT2D eigenvalue weighted by Gasteiger charge is 2.16. The van der Waals surface area contributed by atoms with Crippen LogP contribution < -0.4 is 0 Å². The molecule has 2 rings (SSSR count). The Balaban J connectivity index is 1.90. The molecule has 3 heteroatoms. The Morgan fingerprint density at radius 3 is 2.60 bits per heavy atom. The normalized spacial score (nSPS) is 15.2. The third kappa shape index (κ3) is 3.92. The summed E-state index contributed by atoms with van der Waals surface area (Å²) < 4.78 is 0. The second-order valence-corrected chi connectivity index (χ2v) is 5.42. The molecule has 20 heavy (non-hydrogen) atoms. The van der Waals surface area contributed by atoms with E-state index >= 15 is 0 Å². The number of piperidine rings is 1. The molecule has 0 unspecified atom stereocenters. The van der Waals surface area contributed by atoms with E-state index in [1.807, 2.05) is 36.1 Å². The summed E-state index contributed by atoms with van der Waals surface area (Å²) in [6.07, 6.45) is 5.30. The Morgan fingerprint density at radius 1 is 1.15 bits per heavy atom. The summed E-state index contributed by atoms with van der Waals surface area (Å²) in [5.41, 5.74) is 1.84. The van der Waals surface area contributed by atoms with Crippen LogP contribution in [0, 0.1) is 0 Å². The van der Waals surface area contributed by atoms with Crippen molar-refractivity contribution in [2.24, 2.45) is 0 Å². The van der Waals surface area contributed by atoms with E-state index in [9.17, 15) is 9.59 Å². The highest BCUT2D eigenvalue weighted by molar-refractivity contribution is 5.96. The lowest BCUT2D eigenvalue weighted by molar-refractivity contribution is -0.132. The minimum atomic E-state index is 0.161. The van der Waals surface area contributed by atoms with Crippen LogP contribution in [0.1, 0.15) is 54.9 Å². The van der Waals surface area contributed by atoms with E-state index in [0.717, 1.165) is 43.5 Å². The minimum absolute atomic E-state index is 0.161. The van der Waals surface area contributed by atoms with Gasteiger partial charge in [-0.1, -0.05) is 25.1 Å². The van der Waals surface area contributed by atoms with Gasteiger partial charge < -0.3 is 4.90 Å². The van der Waals surface area contributed by atoms with Crippen LogP contribution in [-0.4, -0.2) is 29.7 Å². The van der Waals surface area contributed by atoms with Crippen molar-refractivity contribution in [3.05, 3.63) is 35.4 Å². The number of carbonyl (C=O) groups excluding carboxylic acids is 2. The smallest absolute Gasteiger partial charge is 0.222 e. The Hall–Kier alpha value is -1.64. The van der Waals surface area contributed by atoms with Gasteiger partial charge in [-0.05, 0) is 37.3 Å². The molecule has 108 valence electrons. The summed E-state index contributed by atoms with van der Waals surface area (Å²) in [4.78, 5) is 25.8. The molecule has 0 N–H and O–H groups in total. The number of carbonyl (C=O) groups is 2. The van der Waals surface area contributed by atoms with Gasteiger partial charge in [-0.2, -0.15) is 0 Å². The maximum absolute atomic E-state index is 12.1. The van der Waals surface area contributed by atoms with E-state index < -0.39 is 0 Å². The summed E-state index contributed by atoms with van der Waals surface area (Å²) in [7, 11) is 0. The van der Waals surface area contributed by atoms with Gasteiger partial charge in [-0.3, -0.25) is 9.59 Å². The molecule has 1 amide bonds. The molecule has 0 radical (unpaired) electrons. The van der Waals surface area contributed by atoms with Gasteiger partial charge in [0, 0.05) is 31.5 Å². The molecule has 1 aliphatic rings. The first-order valence-electron chi connectivity index (χ1n) is 7.60. The van der Waals surface area contributed by atoms with Crippen LogP contribution >= 0.6 is 0 Å². The average Bonchev–Trinajstić information content (AvgIpc) is 2.53. The predicted molar refractivity (Wildman–Crippen MR) is 79.8 cm³/mol. The van der Waals surface area contributed by atoms with Crippen LogP contribution in [0.5, 0.6) is 0 Å². The quantitative estimate of drug-likeness (QED) is 0.772. The van der Waals surface area contributed by atoms with E-state index in [4.69, 9.17) is 0 Å². The lowest BCUT2D eigenvalue weighted by atomic mass is 10.0. The summed E-state index contributed by atoms with van der Waals surface area (Å²) in [6.45, 7) is 3.69. The highest BCUT2D eigenvalue weighted by Crippen LogP contribution is 2.13. The van der Waals surface area contributed by atoms with Gasteiger partial charge in [-0.15, -0.1) is 0 Å². The zero-order valence-electron chi connectivity index (χ0n) is 12.2. The maximum atomic E-state index is 12.1. The Bertz CT molecular complexity index is 476. The number of aryl methyl sites for hydroxylation is 1. The van der Waals surface area contributed by atoms with E-state index in [-0.39, 0.29) is 11.7 Å². The minimum Gasteiger partial charge on any atom is -0.343 e. The number of likely N-dealkylation sites (tertiary alicyclic amines) is 1. The summed E-state index contributed by atoms with van der Waals surface area (Å²) in [5.74, 6) is 0.408. The largest absolute Gasteiger partial charge is 0.343 e. The zero-order valence-corrected chi connectivity index (χ0v) is 12.2. The number of benzene rings is 1. The van der Waals surface area contributed by atoms with Crippen LogP contribution in [0.25, 0.3) is 0 Å². The van der Waals surface area contributed by atoms with Crippen LogP contribution in [0.3, 0.4) is 0 Å². The number of hydrogen-bond donors (Lipinski definition) is 0. The molecule has 1 fully saturated rings. The van der Waals surface area contributed by atoms with Crippen molar-refractivity contribution in [2.45, 2.75) is 45.4 Å². The highest BCUT2D eigenvalue weighted by atomic mass is 16.2. The third-order valence-electron chi connectivity index (χ3n) is 3.91. The Morgan fingerprint density at radius 2 is 1.90 bits per heavy atom. The molecule has 1 aliphatic heterocycles. The molecule has 0 bridgehead atoms. The van der Waals surface area contributed by atoms with Crippen LogP contribution in [0.15, 0.2) is 24.3 Å². The fourth-order valence-electron chi connectivity index (χ4n) is 2.66. The van der Waals surface area contributed by atoms with Crippen LogP contribution in [0.2, 0.25) is 0 Å². The summed E-state index contributed by atoms with van der Waals surface area (Å²) in [5, 5.41) is 0. The molecule has 0 spiro atoms. The Kier molecular flexibility index (Phi) is 5.33. The van der Waals surface area contributed by atoms with Crippen molar-refractivity contribution in [3.8, 4) is 0 Å². The van der Waals surface area contributed by atoms with Crippen molar-refractivity contribution in [2.75, 3.05) is 13.1 Å². The molecule has 1 aromatic rings. The molecule has 1 aromatic carbocycles. The number of hydrogen-bond acceptors (Lipinski definition) is 2. The molecule has 0 atom stereocenters. The topological polar surface area (TPSA) is 37.4 Å². The monoisotopic (exact) mass is 273 g/mol. The number of nitrogens with zero attached hydrogens (tertiary/aromatic N) is 1. The lowest BCUT2D eigenvalue weighted by Crippen LogP contribution is -2.35. The second kappa shape index (κ2) is 7.22. The van der Waals surface area contributed by atoms with Crippen molar-refractivity contribution in [1.82, 2.24) is 4.90 Å². The van der Waals surface area contributed by atoms with Crippen LogP contribution in [0.4, 0.5) is 0 Å².